The Labute approximate surface area is 213 Å². The molecule has 0 aliphatic carbocycles. The molecular weight excluding hydrogens is 505 g/mol. The van der Waals surface area contributed by atoms with Crippen LogP contribution in [0.5, 0.6) is 23.0 Å². The Hall–Kier alpha value is -4.32. The number of ether oxygens (including phenoxy) is 4. The number of halogens is 1. The van der Waals surface area contributed by atoms with E-state index in [4.69, 9.17) is 18.9 Å². The molecule has 10 nitrogen and oxygen atoms in total. The second-order valence-corrected chi connectivity index (χ2v) is 9.56. The normalized spacial score (nSPS) is 12.7. The summed E-state index contributed by atoms with van der Waals surface area (Å²) in [6.45, 7) is -0.00518. The number of fused-ring (bicyclic) bond motifs is 1. The lowest BCUT2D eigenvalue weighted by Gasteiger charge is -2.25. The molecule has 0 atom stereocenters. The summed E-state index contributed by atoms with van der Waals surface area (Å²) >= 11 is 0. The van der Waals surface area contributed by atoms with Crippen LogP contribution in [0, 0.1) is 5.82 Å². The summed E-state index contributed by atoms with van der Waals surface area (Å²) in [4.78, 5) is 12.6. The lowest BCUT2D eigenvalue weighted by atomic mass is 10.2. The average Bonchev–Trinajstić information content (AvgIpc) is 2.91. The lowest BCUT2D eigenvalue weighted by Crippen LogP contribution is -2.39. The Morgan fingerprint density at radius 1 is 1.03 bits per heavy atom. The van der Waals surface area contributed by atoms with Gasteiger partial charge in [0.1, 0.15) is 37.1 Å². The van der Waals surface area contributed by atoms with Crippen molar-refractivity contribution < 1.29 is 36.6 Å². The van der Waals surface area contributed by atoms with Crippen molar-refractivity contribution in [2.75, 3.05) is 38.3 Å². The van der Waals surface area contributed by atoms with Gasteiger partial charge in [-0.15, -0.1) is 0 Å². The van der Waals surface area contributed by atoms with Gasteiger partial charge in [-0.3, -0.25) is 9.10 Å². The first-order valence-corrected chi connectivity index (χ1v) is 12.5. The first-order chi connectivity index (χ1) is 17.8. The van der Waals surface area contributed by atoms with Gasteiger partial charge in [0.2, 0.25) is 0 Å². The third-order valence-electron chi connectivity index (χ3n) is 5.33. The molecule has 1 aliphatic heterocycles. The summed E-state index contributed by atoms with van der Waals surface area (Å²) < 4.78 is 63.0. The molecule has 0 saturated carbocycles. The maximum atomic E-state index is 13.6. The minimum atomic E-state index is -4.27. The molecule has 0 unspecified atom stereocenters. The third kappa shape index (κ3) is 5.92. The van der Waals surface area contributed by atoms with Crippen LogP contribution in [-0.2, 0) is 14.8 Å². The minimum Gasteiger partial charge on any atom is -0.497 e. The van der Waals surface area contributed by atoms with Crippen LogP contribution in [0.15, 0.2) is 70.7 Å². The van der Waals surface area contributed by atoms with Gasteiger partial charge in [-0.05, 0) is 54.6 Å². The van der Waals surface area contributed by atoms with Crippen LogP contribution in [-0.4, -0.2) is 54.5 Å². The Kier molecular flexibility index (Phi) is 7.77. The number of methoxy groups -OCH3 is 2. The molecule has 1 aliphatic rings. The van der Waals surface area contributed by atoms with Crippen LogP contribution in [0.1, 0.15) is 5.56 Å². The molecule has 3 aromatic rings. The molecule has 0 spiro atoms. The SMILES string of the molecule is COc1ccc(OC)c(/C=N\NC(=O)CN(c2ccc(F)cc2)S(=O)(=O)c2ccc3c(c2)OCCO3)c1. The lowest BCUT2D eigenvalue weighted by molar-refractivity contribution is -0.119. The molecule has 0 aromatic heterocycles. The van der Waals surface area contributed by atoms with Gasteiger partial charge >= 0.3 is 0 Å². The number of amides is 1. The molecule has 194 valence electrons. The number of rotatable bonds is 9. The quantitative estimate of drug-likeness (QED) is 0.335. The molecule has 3 aromatic carbocycles. The number of anilines is 1. The van der Waals surface area contributed by atoms with Crippen molar-refractivity contribution in [1.82, 2.24) is 5.43 Å². The van der Waals surface area contributed by atoms with E-state index in [1.54, 1.807) is 18.2 Å². The minimum absolute atomic E-state index is 0.0879. The number of nitrogens with one attached hydrogen (secondary N) is 1. The highest BCUT2D eigenvalue weighted by atomic mass is 32.2. The van der Waals surface area contributed by atoms with Crippen molar-refractivity contribution in [3.8, 4) is 23.0 Å². The van der Waals surface area contributed by atoms with Gasteiger partial charge in [-0.1, -0.05) is 0 Å². The molecule has 0 radical (unpaired) electrons. The zero-order valence-electron chi connectivity index (χ0n) is 20.0. The van der Waals surface area contributed by atoms with E-state index < -0.39 is 28.3 Å². The van der Waals surface area contributed by atoms with Crippen molar-refractivity contribution >= 4 is 27.8 Å². The summed E-state index contributed by atoms with van der Waals surface area (Å²) in [7, 11) is -1.27. The zero-order chi connectivity index (χ0) is 26.4. The number of benzene rings is 3. The number of hydrogen-bond acceptors (Lipinski definition) is 8. The van der Waals surface area contributed by atoms with Crippen LogP contribution < -0.4 is 28.7 Å². The summed E-state index contributed by atoms with van der Waals surface area (Å²) in [6.07, 6.45) is 1.34. The Morgan fingerprint density at radius 2 is 1.76 bits per heavy atom. The smallest absolute Gasteiger partial charge is 0.264 e. The highest BCUT2D eigenvalue weighted by molar-refractivity contribution is 7.92. The van der Waals surface area contributed by atoms with E-state index >= 15 is 0 Å². The third-order valence-corrected chi connectivity index (χ3v) is 7.10. The molecule has 1 N–H and O–H groups in total. The molecular formula is C25H24FN3O7S. The van der Waals surface area contributed by atoms with E-state index in [2.05, 4.69) is 10.5 Å². The summed E-state index contributed by atoms with van der Waals surface area (Å²) in [5.74, 6) is 0.450. The van der Waals surface area contributed by atoms with Crippen LogP contribution >= 0.6 is 0 Å². The maximum Gasteiger partial charge on any atom is 0.264 e. The molecule has 0 saturated heterocycles. The average molecular weight is 530 g/mol. The fraction of sp³-hybridized carbons (Fsp3) is 0.200. The number of hydrogen-bond donors (Lipinski definition) is 1. The highest BCUT2D eigenvalue weighted by Crippen LogP contribution is 2.34. The second kappa shape index (κ2) is 11.2. The molecule has 0 fully saturated rings. The summed E-state index contributed by atoms with van der Waals surface area (Å²) in [5, 5.41) is 3.92. The van der Waals surface area contributed by atoms with E-state index in [9.17, 15) is 17.6 Å². The van der Waals surface area contributed by atoms with Crippen LogP contribution in [0.25, 0.3) is 0 Å². The molecule has 37 heavy (non-hydrogen) atoms. The number of hydrazone groups is 1. The Bertz CT molecular complexity index is 1410. The predicted octanol–water partition coefficient (Wildman–Crippen LogP) is 2.96. The van der Waals surface area contributed by atoms with Crippen LogP contribution in [0.4, 0.5) is 10.1 Å². The van der Waals surface area contributed by atoms with E-state index in [0.717, 1.165) is 16.4 Å². The van der Waals surface area contributed by atoms with E-state index in [1.165, 1.54) is 50.8 Å². The van der Waals surface area contributed by atoms with Crippen molar-refractivity contribution in [2.24, 2.45) is 5.10 Å². The summed E-state index contributed by atoms with van der Waals surface area (Å²) in [5.41, 5.74) is 2.93. The van der Waals surface area contributed by atoms with E-state index in [-0.39, 0.29) is 22.9 Å². The molecule has 0 bridgehead atoms. The van der Waals surface area contributed by atoms with E-state index in [0.29, 0.717) is 29.4 Å². The molecule has 12 heteroatoms. The largest absolute Gasteiger partial charge is 0.497 e. The first-order valence-electron chi connectivity index (χ1n) is 11.0. The monoisotopic (exact) mass is 529 g/mol. The van der Waals surface area contributed by atoms with Crippen LogP contribution in [0.2, 0.25) is 0 Å². The number of sulfonamides is 1. The topological polar surface area (TPSA) is 116 Å². The molecule has 1 heterocycles. The van der Waals surface area contributed by atoms with Gasteiger partial charge in [0.05, 0.1) is 31.0 Å². The molecule has 4 rings (SSSR count). The standard InChI is InChI=1S/C25H24FN3O7S/c1-33-20-7-9-22(34-2)17(13-20)15-27-28-25(30)16-29(19-5-3-18(26)4-6-19)37(31,32)21-8-10-23-24(14-21)36-12-11-35-23/h3-10,13-15H,11-12,16H2,1-2H3,(H,28,30)/b27-15-. The van der Waals surface area contributed by atoms with Crippen molar-refractivity contribution in [2.45, 2.75) is 4.90 Å². The molecule has 1 amide bonds. The number of carbonyl (C=O) groups is 1. The van der Waals surface area contributed by atoms with Gasteiger partial charge in [0, 0.05) is 11.6 Å². The highest BCUT2D eigenvalue weighted by Gasteiger charge is 2.29. The Balaban J connectivity index is 1.58. The van der Waals surface area contributed by atoms with Gasteiger partial charge in [0.15, 0.2) is 11.5 Å². The summed E-state index contributed by atoms with van der Waals surface area (Å²) in [6, 6.07) is 13.9. The number of nitrogens with zero attached hydrogens (tertiary/aromatic N) is 2. The van der Waals surface area contributed by atoms with Gasteiger partial charge in [0.25, 0.3) is 15.9 Å². The van der Waals surface area contributed by atoms with E-state index in [1.807, 2.05) is 0 Å². The fourth-order valence-electron chi connectivity index (χ4n) is 3.51. The van der Waals surface area contributed by atoms with Gasteiger partial charge in [-0.25, -0.2) is 18.2 Å². The predicted molar refractivity (Wildman–Crippen MR) is 134 cm³/mol. The fourth-order valence-corrected chi connectivity index (χ4v) is 4.95. The van der Waals surface area contributed by atoms with Crippen molar-refractivity contribution in [1.29, 1.82) is 0 Å². The van der Waals surface area contributed by atoms with Crippen LogP contribution in [0.3, 0.4) is 0 Å². The van der Waals surface area contributed by atoms with Gasteiger partial charge in [-0.2, -0.15) is 5.10 Å². The van der Waals surface area contributed by atoms with Crippen molar-refractivity contribution in [3.05, 3.63) is 72.0 Å². The number of carbonyl (C=O) groups excluding carboxylic acids is 1. The Morgan fingerprint density at radius 3 is 2.46 bits per heavy atom. The van der Waals surface area contributed by atoms with Crippen molar-refractivity contribution in [3.63, 3.8) is 0 Å². The first kappa shape index (κ1) is 25.8. The zero-order valence-corrected chi connectivity index (χ0v) is 20.8. The second-order valence-electron chi connectivity index (χ2n) is 7.69. The maximum absolute atomic E-state index is 13.6. The van der Waals surface area contributed by atoms with Gasteiger partial charge < -0.3 is 18.9 Å².